The third-order valence-corrected chi connectivity index (χ3v) is 3.93. The van der Waals surface area contributed by atoms with E-state index in [2.05, 4.69) is 20.7 Å². The molecular formula is C10H15N5OS. The Hall–Kier alpha value is -1.34. The van der Waals surface area contributed by atoms with E-state index in [-0.39, 0.29) is 11.6 Å². The van der Waals surface area contributed by atoms with E-state index in [4.69, 9.17) is 5.84 Å². The quantitative estimate of drug-likeness (QED) is 0.531. The molecule has 7 heteroatoms. The Bertz CT molecular complexity index is 394. The first-order valence-corrected chi connectivity index (χ1v) is 6.53. The molecule has 92 valence electrons. The Morgan fingerprint density at radius 3 is 3.18 bits per heavy atom. The van der Waals surface area contributed by atoms with Crippen molar-refractivity contribution in [2.24, 2.45) is 5.84 Å². The summed E-state index contributed by atoms with van der Waals surface area (Å²) >= 11 is 1.90. The summed E-state index contributed by atoms with van der Waals surface area (Å²) in [6.45, 7) is 0.686. The van der Waals surface area contributed by atoms with Crippen molar-refractivity contribution in [1.82, 2.24) is 15.3 Å². The van der Waals surface area contributed by atoms with Crippen LogP contribution in [0.4, 0.5) is 5.82 Å². The highest BCUT2D eigenvalue weighted by Gasteiger charge is 2.17. The van der Waals surface area contributed by atoms with Crippen LogP contribution in [0.25, 0.3) is 0 Å². The van der Waals surface area contributed by atoms with Crippen LogP contribution >= 0.6 is 11.8 Å². The first-order chi connectivity index (χ1) is 8.29. The molecule has 1 unspecified atom stereocenters. The Morgan fingerprint density at radius 1 is 1.59 bits per heavy atom. The van der Waals surface area contributed by atoms with Gasteiger partial charge in [-0.25, -0.2) is 10.8 Å². The Balaban J connectivity index is 1.89. The standard InChI is InChI=1S/C10H15N5OS/c11-15-9-6-12-5-8(14-9)10(16)13-4-7-2-1-3-17-7/h5-7H,1-4,11H2,(H,13,16)(H,14,15). The number of carbonyl (C=O) groups excluding carboxylic acids is 1. The molecule has 0 spiro atoms. The van der Waals surface area contributed by atoms with Gasteiger partial charge in [0.15, 0.2) is 5.82 Å². The molecule has 0 radical (unpaired) electrons. The van der Waals surface area contributed by atoms with Gasteiger partial charge in [0.05, 0.1) is 12.4 Å². The second kappa shape index (κ2) is 5.83. The molecule has 1 aromatic heterocycles. The van der Waals surface area contributed by atoms with Gasteiger partial charge in [-0.2, -0.15) is 11.8 Å². The zero-order chi connectivity index (χ0) is 12.1. The average Bonchev–Trinajstić information content (AvgIpc) is 2.89. The first-order valence-electron chi connectivity index (χ1n) is 5.48. The SMILES string of the molecule is NNc1cncc(C(=O)NCC2CCCS2)n1. The highest BCUT2D eigenvalue weighted by molar-refractivity contribution is 8.00. The Labute approximate surface area is 104 Å². The maximum absolute atomic E-state index is 11.8. The summed E-state index contributed by atoms with van der Waals surface area (Å²) in [6, 6.07) is 0. The van der Waals surface area contributed by atoms with Gasteiger partial charge in [0.25, 0.3) is 5.91 Å². The zero-order valence-corrected chi connectivity index (χ0v) is 10.2. The van der Waals surface area contributed by atoms with Gasteiger partial charge in [0.1, 0.15) is 5.69 Å². The van der Waals surface area contributed by atoms with E-state index >= 15 is 0 Å². The number of thioether (sulfide) groups is 1. The highest BCUT2D eigenvalue weighted by atomic mass is 32.2. The summed E-state index contributed by atoms with van der Waals surface area (Å²) in [6.07, 6.45) is 5.29. The molecule has 1 fully saturated rings. The second-order valence-electron chi connectivity index (χ2n) is 3.78. The van der Waals surface area contributed by atoms with Crippen LogP contribution in [0, 0.1) is 0 Å². The summed E-state index contributed by atoms with van der Waals surface area (Å²) in [5, 5.41) is 3.39. The Kier molecular flexibility index (Phi) is 4.16. The van der Waals surface area contributed by atoms with Crippen molar-refractivity contribution in [2.75, 3.05) is 17.7 Å². The van der Waals surface area contributed by atoms with Gasteiger partial charge in [-0.1, -0.05) is 0 Å². The van der Waals surface area contributed by atoms with Crippen LogP contribution in [0.3, 0.4) is 0 Å². The fraction of sp³-hybridized carbons (Fsp3) is 0.500. The van der Waals surface area contributed by atoms with Crippen LogP contribution in [0.2, 0.25) is 0 Å². The van der Waals surface area contributed by atoms with Gasteiger partial charge < -0.3 is 10.7 Å². The fourth-order valence-electron chi connectivity index (χ4n) is 1.65. The lowest BCUT2D eigenvalue weighted by molar-refractivity contribution is 0.0948. The number of anilines is 1. The number of nitrogens with two attached hydrogens (primary N) is 1. The third-order valence-electron chi connectivity index (χ3n) is 2.53. The molecule has 0 aromatic carbocycles. The summed E-state index contributed by atoms with van der Waals surface area (Å²) in [4.78, 5) is 19.7. The zero-order valence-electron chi connectivity index (χ0n) is 9.35. The lowest BCUT2D eigenvalue weighted by Crippen LogP contribution is -2.30. The van der Waals surface area contributed by atoms with Crippen LogP contribution in [0.5, 0.6) is 0 Å². The molecule has 0 bridgehead atoms. The predicted octanol–water partition coefficient (Wildman–Crippen LogP) is 0.388. The van der Waals surface area contributed by atoms with Gasteiger partial charge in [0, 0.05) is 11.8 Å². The van der Waals surface area contributed by atoms with Gasteiger partial charge in [-0.05, 0) is 18.6 Å². The molecule has 0 aliphatic carbocycles. The van der Waals surface area contributed by atoms with E-state index in [1.807, 2.05) is 11.8 Å². The minimum absolute atomic E-state index is 0.206. The molecule has 1 atom stereocenters. The molecule has 4 N–H and O–H groups in total. The van der Waals surface area contributed by atoms with Crippen LogP contribution in [-0.4, -0.2) is 33.4 Å². The molecule has 1 aliphatic rings. The van der Waals surface area contributed by atoms with Crippen molar-refractivity contribution in [2.45, 2.75) is 18.1 Å². The second-order valence-corrected chi connectivity index (χ2v) is 5.19. The van der Waals surface area contributed by atoms with E-state index in [1.54, 1.807) is 0 Å². The van der Waals surface area contributed by atoms with Gasteiger partial charge in [-0.15, -0.1) is 0 Å². The molecular weight excluding hydrogens is 238 g/mol. The number of amides is 1. The molecule has 17 heavy (non-hydrogen) atoms. The largest absolute Gasteiger partial charge is 0.350 e. The van der Waals surface area contributed by atoms with E-state index in [9.17, 15) is 4.79 Å². The topological polar surface area (TPSA) is 92.9 Å². The Morgan fingerprint density at radius 2 is 2.47 bits per heavy atom. The van der Waals surface area contributed by atoms with Crippen molar-refractivity contribution in [3.63, 3.8) is 0 Å². The van der Waals surface area contributed by atoms with Crippen LogP contribution < -0.4 is 16.6 Å². The van der Waals surface area contributed by atoms with Crippen molar-refractivity contribution in [3.8, 4) is 0 Å². The molecule has 1 aromatic rings. The van der Waals surface area contributed by atoms with Gasteiger partial charge in [-0.3, -0.25) is 9.78 Å². The number of hydrogen-bond donors (Lipinski definition) is 3. The minimum Gasteiger partial charge on any atom is -0.350 e. The van der Waals surface area contributed by atoms with E-state index < -0.39 is 0 Å². The van der Waals surface area contributed by atoms with Crippen molar-refractivity contribution >= 4 is 23.5 Å². The lowest BCUT2D eigenvalue weighted by atomic mass is 10.2. The van der Waals surface area contributed by atoms with Crippen molar-refractivity contribution in [3.05, 3.63) is 18.1 Å². The fourth-order valence-corrected chi connectivity index (χ4v) is 2.85. The number of hydrogen-bond acceptors (Lipinski definition) is 6. The lowest BCUT2D eigenvalue weighted by Gasteiger charge is -2.09. The monoisotopic (exact) mass is 253 g/mol. The molecule has 0 saturated carbocycles. The number of nitrogens with one attached hydrogen (secondary N) is 2. The van der Waals surface area contributed by atoms with E-state index in [0.717, 1.165) is 0 Å². The highest BCUT2D eigenvalue weighted by Crippen LogP contribution is 2.25. The average molecular weight is 253 g/mol. The first kappa shape index (κ1) is 12.1. The van der Waals surface area contributed by atoms with Gasteiger partial charge >= 0.3 is 0 Å². The third kappa shape index (κ3) is 3.31. The number of hydrazine groups is 1. The summed E-state index contributed by atoms with van der Waals surface area (Å²) in [7, 11) is 0. The molecule has 1 saturated heterocycles. The summed E-state index contributed by atoms with van der Waals surface area (Å²) in [5.74, 6) is 6.57. The number of aromatic nitrogens is 2. The van der Waals surface area contributed by atoms with Crippen LogP contribution in [-0.2, 0) is 0 Å². The van der Waals surface area contributed by atoms with E-state index in [1.165, 1.54) is 31.0 Å². The molecule has 6 nitrogen and oxygen atoms in total. The normalized spacial score (nSPS) is 19.0. The number of rotatable bonds is 4. The molecule has 2 heterocycles. The maximum Gasteiger partial charge on any atom is 0.271 e. The smallest absolute Gasteiger partial charge is 0.271 e. The predicted molar refractivity (Wildman–Crippen MR) is 67.7 cm³/mol. The van der Waals surface area contributed by atoms with Crippen LogP contribution in [0.1, 0.15) is 23.3 Å². The maximum atomic E-state index is 11.8. The molecule has 2 rings (SSSR count). The number of nitrogens with zero attached hydrogens (tertiary/aromatic N) is 2. The molecule has 1 aliphatic heterocycles. The summed E-state index contributed by atoms with van der Waals surface area (Å²) < 4.78 is 0. The van der Waals surface area contributed by atoms with Crippen molar-refractivity contribution in [1.29, 1.82) is 0 Å². The number of nitrogen functional groups attached to an aromatic ring is 1. The number of carbonyl (C=O) groups is 1. The van der Waals surface area contributed by atoms with E-state index in [0.29, 0.717) is 17.6 Å². The molecule has 1 amide bonds. The van der Waals surface area contributed by atoms with Crippen molar-refractivity contribution < 1.29 is 4.79 Å². The minimum atomic E-state index is -0.206. The summed E-state index contributed by atoms with van der Waals surface area (Å²) in [5.41, 5.74) is 2.64. The van der Waals surface area contributed by atoms with Crippen LogP contribution in [0.15, 0.2) is 12.4 Å². The van der Waals surface area contributed by atoms with Gasteiger partial charge in [0.2, 0.25) is 0 Å².